The summed E-state index contributed by atoms with van der Waals surface area (Å²) in [6.45, 7) is 6.49. The van der Waals surface area contributed by atoms with Crippen LogP contribution in [0.25, 0.3) is 11.0 Å². The van der Waals surface area contributed by atoms with Crippen LogP contribution in [0.3, 0.4) is 0 Å². The molecular formula is C36H43N7O4. The molecule has 4 aromatic rings. The van der Waals surface area contributed by atoms with Gasteiger partial charge in [-0.15, -0.1) is 0 Å². The number of ether oxygens (including phenoxy) is 1. The summed E-state index contributed by atoms with van der Waals surface area (Å²) in [6, 6.07) is 22.1. The summed E-state index contributed by atoms with van der Waals surface area (Å²) in [4.78, 5) is 45.0. The van der Waals surface area contributed by atoms with Crippen molar-refractivity contribution >= 4 is 40.3 Å². The molecule has 0 unspecified atom stereocenters. The van der Waals surface area contributed by atoms with Gasteiger partial charge in [-0.25, -0.2) is 4.98 Å². The van der Waals surface area contributed by atoms with Crippen LogP contribution in [0.1, 0.15) is 66.8 Å². The van der Waals surface area contributed by atoms with E-state index in [1.54, 1.807) is 43.3 Å². The fourth-order valence-corrected chi connectivity index (χ4v) is 5.84. The first-order valence-electron chi connectivity index (χ1n) is 16.1. The van der Waals surface area contributed by atoms with Crippen LogP contribution in [0, 0.1) is 5.41 Å². The highest BCUT2D eigenvalue weighted by Crippen LogP contribution is 2.29. The molecule has 0 spiro atoms. The van der Waals surface area contributed by atoms with Gasteiger partial charge in [0.05, 0.1) is 24.2 Å². The lowest BCUT2D eigenvalue weighted by atomic mass is 9.89. The first-order chi connectivity index (χ1) is 22.7. The van der Waals surface area contributed by atoms with Crippen LogP contribution in [-0.4, -0.2) is 64.3 Å². The van der Waals surface area contributed by atoms with E-state index in [-0.39, 0.29) is 23.6 Å². The number of aryl methyl sites for hydroxylation is 1. The lowest BCUT2D eigenvalue weighted by molar-refractivity contribution is -0.143. The number of carbonyl (C=O) groups is 3. The third kappa shape index (κ3) is 7.86. The lowest BCUT2D eigenvalue weighted by Gasteiger charge is -2.34. The lowest BCUT2D eigenvalue weighted by Crippen LogP contribution is -2.53. The number of hydrogen-bond acceptors (Lipinski definition) is 8. The Morgan fingerprint density at radius 1 is 0.979 bits per heavy atom. The first-order valence-corrected chi connectivity index (χ1v) is 16.1. The second kappa shape index (κ2) is 15.0. The van der Waals surface area contributed by atoms with Gasteiger partial charge < -0.3 is 24.8 Å². The molecule has 2 heterocycles. The molecule has 0 radical (unpaired) electrons. The van der Waals surface area contributed by atoms with Crippen molar-refractivity contribution in [3.8, 4) is 0 Å². The Hall–Kier alpha value is -5.03. The van der Waals surface area contributed by atoms with Gasteiger partial charge in [0.25, 0.3) is 5.91 Å². The van der Waals surface area contributed by atoms with Crippen molar-refractivity contribution in [1.29, 1.82) is 5.41 Å². The molecule has 0 saturated carbocycles. The number of rotatable bonds is 13. The minimum atomic E-state index is -0.973. The molecule has 246 valence electrons. The second-order valence-corrected chi connectivity index (χ2v) is 11.9. The minimum Gasteiger partial charge on any atom is -0.466 e. The van der Waals surface area contributed by atoms with Crippen LogP contribution in [0.15, 0.2) is 72.8 Å². The zero-order chi connectivity index (χ0) is 33.4. The van der Waals surface area contributed by atoms with Crippen molar-refractivity contribution in [2.24, 2.45) is 7.05 Å². The zero-order valence-corrected chi connectivity index (χ0v) is 27.3. The van der Waals surface area contributed by atoms with Crippen LogP contribution >= 0.6 is 0 Å². The van der Waals surface area contributed by atoms with E-state index in [1.807, 2.05) is 59.8 Å². The molecule has 1 aliphatic rings. The van der Waals surface area contributed by atoms with Crippen LogP contribution in [0.4, 0.5) is 5.69 Å². The van der Waals surface area contributed by atoms with Crippen LogP contribution in [-0.2, 0) is 33.5 Å². The van der Waals surface area contributed by atoms with Crippen LogP contribution < -0.4 is 16.0 Å². The number of benzene rings is 3. The summed E-state index contributed by atoms with van der Waals surface area (Å²) >= 11 is 0. The summed E-state index contributed by atoms with van der Waals surface area (Å²) in [5.41, 5.74) is 3.52. The van der Waals surface area contributed by atoms with E-state index in [9.17, 15) is 14.4 Å². The standard InChI is InChI=1S/C36H43N7O4/c1-4-47-32(44)13-10-20-39-36(2,35(46)43-21-8-9-22-43)27-16-19-30-29(23-27)40-31(42(30)3)24-38-28-17-14-25(15-18-28)33(37)41-34(45)26-11-6-5-7-12-26/h5-7,11-12,14-19,23,38-39H,4,8-10,13,20-22,24H2,1-3H3,(H2,37,41,45)/t36-/m1/s1. The van der Waals surface area contributed by atoms with Gasteiger partial charge in [0.2, 0.25) is 5.91 Å². The number of amides is 2. The average molecular weight is 638 g/mol. The van der Waals surface area contributed by atoms with Gasteiger partial charge in [0.1, 0.15) is 17.2 Å². The van der Waals surface area contributed by atoms with Crippen molar-refractivity contribution in [2.75, 3.05) is 31.6 Å². The monoisotopic (exact) mass is 637 g/mol. The second-order valence-electron chi connectivity index (χ2n) is 11.9. The Morgan fingerprint density at radius 3 is 2.40 bits per heavy atom. The van der Waals surface area contributed by atoms with Gasteiger partial charge in [0, 0.05) is 43.4 Å². The Kier molecular flexibility index (Phi) is 10.7. The molecule has 3 aromatic carbocycles. The van der Waals surface area contributed by atoms with Crippen molar-refractivity contribution in [3.63, 3.8) is 0 Å². The van der Waals surface area contributed by atoms with Crippen LogP contribution in [0.5, 0.6) is 0 Å². The van der Waals surface area contributed by atoms with E-state index in [2.05, 4.69) is 16.0 Å². The summed E-state index contributed by atoms with van der Waals surface area (Å²) in [5, 5.41) is 17.8. The molecule has 0 bridgehead atoms. The van der Waals surface area contributed by atoms with Crippen molar-refractivity contribution in [3.05, 3.63) is 95.3 Å². The van der Waals surface area contributed by atoms with Gasteiger partial charge in [-0.3, -0.25) is 25.1 Å². The Balaban J connectivity index is 1.26. The van der Waals surface area contributed by atoms with Gasteiger partial charge in [-0.1, -0.05) is 24.3 Å². The number of nitrogens with one attached hydrogen (secondary N) is 4. The number of nitrogens with zero attached hydrogens (tertiary/aromatic N) is 3. The van der Waals surface area contributed by atoms with Crippen molar-refractivity contribution in [1.82, 2.24) is 25.1 Å². The summed E-state index contributed by atoms with van der Waals surface area (Å²) in [7, 11) is 1.97. The van der Waals surface area contributed by atoms with E-state index in [1.165, 1.54) is 0 Å². The topological polar surface area (TPSA) is 141 Å². The Labute approximate surface area is 275 Å². The molecule has 1 fully saturated rings. The van der Waals surface area contributed by atoms with Gasteiger partial charge in [-0.05, 0) is 93.7 Å². The van der Waals surface area contributed by atoms with Gasteiger partial charge in [0.15, 0.2) is 0 Å². The highest BCUT2D eigenvalue weighted by molar-refractivity contribution is 6.11. The first kappa shape index (κ1) is 33.3. The molecular weight excluding hydrogens is 594 g/mol. The number of hydrogen-bond donors (Lipinski definition) is 4. The Bertz CT molecular complexity index is 1730. The maximum absolute atomic E-state index is 13.9. The van der Waals surface area contributed by atoms with E-state index in [0.29, 0.717) is 43.7 Å². The predicted octanol–water partition coefficient (Wildman–Crippen LogP) is 4.71. The fourth-order valence-electron chi connectivity index (χ4n) is 5.84. The van der Waals surface area contributed by atoms with Crippen molar-refractivity contribution in [2.45, 2.75) is 51.6 Å². The fraction of sp³-hybridized carbons (Fsp3) is 0.361. The third-order valence-corrected chi connectivity index (χ3v) is 8.61. The molecule has 1 atom stereocenters. The van der Waals surface area contributed by atoms with Gasteiger partial charge in [-0.2, -0.15) is 0 Å². The molecule has 1 saturated heterocycles. The predicted molar refractivity (Wildman–Crippen MR) is 182 cm³/mol. The van der Waals surface area contributed by atoms with Gasteiger partial charge >= 0.3 is 5.97 Å². The molecule has 2 amide bonds. The number of aromatic nitrogens is 2. The number of carbonyl (C=O) groups excluding carboxylic acids is 3. The minimum absolute atomic E-state index is 0.0273. The van der Waals surface area contributed by atoms with E-state index in [0.717, 1.165) is 54.0 Å². The van der Waals surface area contributed by atoms with E-state index < -0.39 is 5.54 Å². The molecule has 0 aliphatic carbocycles. The largest absolute Gasteiger partial charge is 0.466 e. The summed E-state index contributed by atoms with van der Waals surface area (Å²) in [5.74, 6) is 0.313. The Morgan fingerprint density at radius 2 is 1.70 bits per heavy atom. The molecule has 11 heteroatoms. The molecule has 4 N–H and O–H groups in total. The highest BCUT2D eigenvalue weighted by Gasteiger charge is 2.39. The smallest absolute Gasteiger partial charge is 0.305 e. The summed E-state index contributed by atoms with van der Waals surface area (Å²) < 4.78 is 7.09. The quantitative estimate of drug-likeness (QED) is 0.0720. The average Bonchev–Trinajstić information content (AvgIpc) is 3.74. The summed E-state index contributed by atoms with van der Waals surface area (Å²) in [6.07, 6.45) is 2.85. The molecule has 47 heavy (non-hydrogen) atoms. The van der Waals surface area contributed by atoms with E-state index >= 15 is 0 Å². The van der Waals surface area contributed by atoms with E-state index in [4.69, 9.17) is 15.1 Å². The maximum atomic E-state index is 13.9. The number of likely N-dealkylation sites (tertiary alicyclic amines) is 1. The normalized spacial score (nSPS) is 14.1. The highest BCUT2D eigenvalue weighted by atomic mass is 16.5. The molecule has 1 aromatic heterocycles. The molecule has 1 aliphatic heterocycles. The number of esters is 1. The maximum Gasteiger partial charge on any atom is 0.305 e. The number of amidine groups is 1. The number of imidazole rings is 1. The van der Waals surface area contributed by atoms with Crippen LogP contribution in [0.2, 0.25) is 0 Å². The zero-order valence-electron chi connectivity index (χ0n) is 27.3. The number of anilines is 1. The SMILES string of the molecule is CCOC(=O)CCCN[C@@](C)(C(=O)N1CCCC1)c1ccc2c(c1)nc(CNc1ccc(C(=N)NC(=O)c3ccccc3)cc1)n2C. The molecule has 11 nitrogen and oxygen atoms in total. The number of fused-ring (bicyclic) bond motifs is 1. The molecule has 5 rings (SSSR count). The third-order valence-electron chi connectivity index (χ3n) is 8.61. The van der Waals surface area contributed by atoms with Crippen molar-refractivity contribution < 1.29 is 19.1 Å².